The maximum absolute atomic E-state index is 11.1. The minimum absolute atomic E-state index is 0.0647. The van der Waals surface area contributed by atoms with Gasteiger partial charge in [0, 0.05) is 12.3 Å². The van der Waals surface area contributed by atoms with Crippen LogP contribution in [0.2, 0.25) is 0 Å². The van der Waals surface area contributed by atoms with Crippen LogP contribution in [0.25, 0.3) is 0 Å². The van der Waals surface area contributed by atoms with Crippen molar-refractivity contribution in [1.82, 2.24) is 10.2 Å². The Balaban J connectivity index is 1.86. The predicted octanol–water partition coefficient (Wildman–Crippen LogP) is -1.18. The molecular weight excluding hydrogens is 174 g/mol. The molecular formula is C7H13N3OS. The number of thioether (sulfide) groups is 1. The number of hydrogen-bond donors (Lipinski definition) is 2. The first-order chi connectivity index (χ1) is 5.76. The van der Waals surface area contributed by atoms with Crippen molar-refractivity contribution in [1.29, 1.82) is 0 Å². The molecule has 2 aliphatic heterocycles. The molecule has 4 nitrogen and oxygen atoms in total. The summed E-state index contributed by atoms with van der Waals surface area (Å²) in [5.74, 6) is 1.22. The number of nitrogens with two attached hydrogens (primary N) is 1. The van der Waals surface area contributed by atoms with E-state index in [0.29, 0.717) is 0 Å². The van der Waals surface area contributed by atoms with Crippen LogP contribution in [0.4, 0.5) is 0 Å². The highest BCUT2D eigenvalue weighted by molar-refractivity contribution is 8.01. The maximum Gasteiger partial charge on any atom is 0.236 e. The maximum atomic E-state index is 11.1. The highest BCUT2D eigenvalue weighted by Crippen LogP contribution is 2.35. The zero-order chi connectivity index (χ0) is 8.60. The molecule has 12 heavy (non-hydrogen) atoms. The Bertz CT molecular complexity index is 195. The highest BCUT2D eigenvalue weighted by Gasteiger charge is 2.47. The van der Waals surface area contributed by atoms with Crippen LogP contribution in [0.1, 0.15) is 0 Å². The fourth-order valence-corrected chi connectivity index (χ4v) is 2.95. The summed E-state index contributed by atoms with van der Waals surface area (Å²) in [5, 5.41) is 3.41. The van der Waals surface area contributed by atoms with Gasteiger partial charge in [0.1, 0.15) is 4.87 Å². The molecule has 0 unspecified atom stereocenters. The molecule has 0 atom stereocenters. The van der Waals surface area contributed by atoms with Crippen LogP contribution in [0.15, 0.2) is 0 Å². The Morgan fingerprint density at radius 1 is 1.67 bits per heavy atom. The predicted molar refractivity (Wildman–Crippen MR) is 48.8 cm³/mol. The minimum Gasteiger partial charge on any atom is -0.336 e. The van der Waals surface area contributed by atoms with E-state index in [0.717, 1.165) is 25.4 Å². The Hall–Kier alpha value is -0.260. The van der Waals surface area contributed by atoms with Crippen LogP contribution in [0.3, 0.4) is 0 Å². The van der Waals surface area contributed by atoms with Crippen molar-refractivity contribution in [2.75, 3.05) is 31.9 Å². The normalized spacial score (nSPS) is 25.9. The van der Waals surface area contributed by atoms with E-state index in [-0.39, 0.29) is 17.3 Å². The molecule has 1 amide bonds. The summed E-state index contributed by atoms with van der Waals surface area (Å²) in [5.41, 5.74) is 5.25. The lowest BCUT2D eigenvalue weighted by Crippen LogP contribution is -2.67. The molecule has 0 aromatic heterocycles. The molecule has 68 valence electrons. The van der Waals surface area contributed by atoms with Gasteiger partial charge in [-0.05, 0) is 0 Å². The van der Waals surface area contributed by atoms with E-state index < -0.39 is 0 Å². The van der Waals surface area contributed by atoms with Gasteiger partial charge in [0.05, 0.1) is 19.6 Å². The largest absolute Gasteiger partial charge is 0.336 e. The van der Waals surface area contributed by atoms with Crippen molar-refractivity contribution in [2.45, 2.75) is 4.87 Å². The summed E-state index contributed by atoms with van der Waals surface area (Å²) < 4.78 is 0. The Morgan fingerprint density at radius 3 is 2.92 bits per heavy atom. The molecule has 0 aliphatic carbocycles. The Kier molecular flexibility index (Phi) is 2.02. The number of nitrogens with one attached hydrogen (secondary N) is 1. The van der Waals surface area contributed by atoms with Gasteiger partial charge in [0.25, 0.3) is 0 Å². The zero-order valence-electron chi connectivity index (χ0n) is 6.88. The second-order valence-corrected chi connectivity index (χ2v) is 4.70. The number of nitrogens with zero attached hydrogens (tertiary/aromatic N) is 1. The van der Waals surface area contributed by atoms with Crippen molar-refractivity contribution >= 4 is 17.7 Å². The van der Waals surface area contributed by atoms with Crippen molar-refractivity contribution in [3.05, 3.63) is 0 Å². The molecule has 1 spiro atoms. The summed E-state index contributed by atoms with van der Waals surface area (Å²) in [6, 6.07) is 0. The molecule has 2 fully saturated rings. The van der Waals surface area contributed by atoms with Gasteiger partial charge < -0.3 is 10.6 Å². The third-order valence-corrected chi connectivity index (χ3v) is 3.71. The van der Waals surface area contributed by atoms with Crippen molar-refractivity contribution in [3.8, 4) is 0 Å². The van der Waals surface area contributed by atoms with E-state index in [1.165, 1.54) is 0 Å². The SMILES string of the molecule is NCC(=O)N1CC2(C1)NCCS2. The van der Waals surface area contributed by atoms with Crippen molar-refractivity contribution in [2.24, 2.45) is 5.73 Å². The fraction of sp³-hybridized carbons (Fsp3) is 0.857. The first-order valence-electron chi connectivity index (χ1n) is 4.13. The number of hydrogen-bond acceptors (Lipinski definition) is 4. The third-order valence-electron chi connectivity index (χ3n) is 2.35. The topological polar surface area (TPSA) is 58.4 Å². The quantitative estimate of drug-likeness (QED) is 0.542. The van der Waals surface area contributed by atoms with Crippen LogP contribution in [-0.4, -0.2) is 47.6 Å². The third kappa shape index (κ3) is 1.22. The molecule has 5 heteroatoms. The monoisotopic (exact) mass is 187 g/mol. The summed E-state index contributed by atoms with van der Waals surface area (Å²) in [6.45, 7) is 2.86. The van der Waals surface area contributed by atoms with Crippen LogP contribution in [-0.2, 0) is 4.79 Å². The molecule has 0 aromatic rings. The van der Waals surface area contributed by atoms with Crippen LogP contribution >= 0.6 is 11.8 Å². The van der Waals surface area contributed by atoms with Gasteiger partial charge in [0.2, 0.25) is 5.91 Å². The standard InChI is InChI=1S/C7H13N3OS/c8-3-6(11)10-4-7(5-10)9-1-2-12-7/h9H,1-5,8H2. The van der Waals surface area contributed by atoms with E-state index in [1.54, 1.807) is 0 Å². The number of carbonyl (C=O) groups excluding carboxylic acids is 1. The lowest BCUT2D eigenvalue weighted by atomic mass is 10.1. The number of likely N-dealkylation sites (tertiary alicyclic amines) is 1. The Labute approximate surface area is 75.9 Å². The summed E-state index contributed by atoms with van der Waals surface area (Å²) in [4.78, 5) is 13.1. The lowest BCUT2D eigenvalue weighted by molar-refractivity contribution is -0.135. The van der Waals surface area contributed by atoms with E-state index in [9.17, 15) is 4.79 Å². The second kappa shape index (κ2) is 2.90. The lowest BCUT2D eigenvalue weighted by Gasteiger charge is -2.47. The molecule has 0 saturated carbocycles. The first-order valence-corrected chi connectivity index (χ1v) is 5.11. The fourth-order valence-electron chi connectivity index (χ4n) is 1.66. The van der Waals surface area contributed by atoms with Crippen LogP contribution in [0.5, 0.6) is 0 Å². The smallest absolute Gasteiger partial charge is 0.236 e. The molecule has 2 saturated heterocycles. The molecule has 2 rings (SSSR count). The van der Waals surface area contributed by atoms with Gasteiger partial charge in [-0.1, -0.05) is 0 Å². The first kappa shape index (κ1) is 8.34. The molecule has 0 bridgehead atoms. The van der Waals surface area contributed by atoms with Gasteiger partial charge in [-0.2, -0.15) is 0 Å². The molecule has 2 heterocycles. The highest BCUT2D eigenvalue weighted by atomic mass is 32.2. The number of rotatable bonds is 1. The van der Waals surface area contributed by atoms with Gasteiger partial charge in [-0.15, -0.1) is 11.8 Å². The van der Waals surface area contributed by atoms with E-state index in [1.807, 2.05) is 16.7 Å². The average Bonchev–Trinajstić information content (AvgIpc) is 2.48. The van der Waals surface area contributed by atoms with Crippen LogP contribution < -0.4 is 11.1 Å². The van der Waals surface area contributed by atoms with Gasteiger partial charge in [-0.25, -0.2) is 0 Å². The van der Waals surface area contributed by atoms with Crippen LogP contribution in [0, 0.1) is 0 Å². The van der Waals surface area contributed by atoms with E-state index in [4.69, 9.17) is 5.73 Å². The van der Waals surface area contributed by atoms with Gasteiger partial charge in [0.15, 0.2) is 0 Å². The number of amides is 1. The molecule has 0 aromatic carbocycles. The van der Waals surface area contributed by atoms with E-state index in [2.05, 4.69) is 5.32 Å². The second-order valence-electron chi connectivity index (χ2n) is 3.22. The molecule has 3 N–H and O–H groups in total. The van der Waals surface area contributed by atoms with Crippen molar-refractivity contribution in [3.63, 3.8) is 0 Å². The molecule has 0 radical (unpaired) electrons. The number of carbonyl (C=O) groups is 1. The minimum atomic E-state index is 0.0647. The van der Waals surface area contributed by atoms with Gasteiger partial charge >= 0.3 is 0 Å². The molecule has 2 aliphatic rings. The summed E-state index contributed by atoms with van der Waals surface area (Å²) in [6.07, 6.45) is 0. The Morgan fingerprint density at radius 2 is 2.42 bits per heavy atom. The van der Waals surface area contributed by atoms with Crippen molar-refractivity contribution < 1.29 is 4.79 Å². The summed E-state index contributed by atoms with van der Waals surface area (Å²) >= 11 is 1.92. The van der Waals surface area contributed by atoms with Gasteiger partial charge in [-0.3, -0.25) is 10.1 Å². The average molecular weight is 187 g/mol. The van der Waals surface area contributed by atoms with E-state index >= 15 is 0 Å². The summed E-state index contributed by atoms with van der Waals surface area (Å²) in [7, 11) is 0. The zero-order valence-corrected chi connectivity index (χ0v) is 7.69.